The van der Waals surface area contributed by atoms with Gasteiger partial charge in [0.15, 0.2) is 0 Å². The van der Waals surface area contributed by atoms with Crippen LogP contribution in [0.1, 0.15) is 47.6 Å². The van der Waals surface area contributed by atoms with Crippen LogP contribution < -0.4 is 0 Å². The minimum absolute atomic E-state index is 0.273. The van der Waals surface area contributed by atoms with Crippen molar-refractivity contribution in [2.45, 2.75) is 19.8 Å². The molecule has 0 fully saturated rings. The first-order chi connectivity index (χ1) is 10.5. The molecule has 2 rings (SSSR count). The van der Waals surface area contributed by atoms with E-state index >= 15 is 0 Å². The van der Waals surface area contributed by atoms with E-state index in [-0.39, 0.29) is 11.7 Å². The first-order valence-electron chi connectivity index (χ1n) is 7.00. The second-order valence-corrected chi connectivity index (χ2v) is 5.33. The van der Waals surface area contributed by atoms with Gasteiger partial charge in [0.2, 0.25) is 0 Å². The zero-order valence-electron chi connectivity index (χ0n) is 12.5. The van der Waals surface area contributed by atoms with Crippen LogP contribution >= 0.6 is 0 Å². The fraction of sp³-hybridized carbons (Fsp3) is 0.158. The smallest absolute Gasteiger partial charge is 0.119 e. The molecule has 0 amide bonds. The van der Waals surface area contributed by atoms with Gasteiger partial charge in [0, 0.05) is 0 Å². The largest absolute Gasteiger partial charge is 0.508 e. The summed E-state index contributed by atoms with van der Waals surface area (Å²) in [5.41, 5.74) is 3.37. The fourth-order valence-corrected chi connectivity index (χ4v) is 2.20. The number of aromatic hydroxyl groups is 1. The van der Waals surface area contributed by atoms with Gasteiger partial charge >= 0.3 is 0 Å². The molecule has 0 spiro atoms. The zero-order valence-corrected chi connectivity index (χ0v) is 12.5. The molecule has 0 aromatic heterocycles. The van der Waals surface area contributed by atoms with Crippen LogP contribution in [0.2, 0.25) is 0 Å². The van der Waals surface area contributed by atoms with Crippen LogP contribution in [-0.2, 0) is 0 Å². The molecule has 22 heavy (non-hydrogen) atoms. The van der Waals surface area contributed by atoms with Crippen LogP contribution in [-0.4, -0.2) is 5.11 Å². The van der Waals surface area contributed by atoms with E-state index in [1.54, 1.807) is 24.3 Å². The quantitative estimate of drug-likeness (QED) is 0.849. The Balaban J connectivity index is 2.28. The van der Waals surface area contributed by atoms with Gasteiger partial charge in [0.25, 0.3) is 0 Å². The molecular weight excluding hydrogens is 272 g/mol. The summed E-state index contributed by atoms with van der Waals surface area (Å²) in [6, 6.07) is 14.7. The van der Waals surface area contributed by atoms with Crippen molar-refractivity contribution < 1.29 is 5.11 Å². The molecule has 0 heterocycles. The standard InChI is InChI=1S/C19H16N2O/c1-13(2)18-8-6-15(10-19(18)22)4-3-14-5-7-16(11-20)17(9-14)12-21/h3-10,13,22H,1-2H3/b4-3+. The van der Waals surface area contributed by atoms with Crippen molar-refractivity contribution in [1.82, 2.24) is 0 Å². The van der Waals surface area contributed by atoms with Gasteiger partial charge in [-0.15, -0.1) is 0 Å². The van der Waals surface area contributed by atoms with Gasteiger partial charge in [-0.05, 0) is 40.8 Å². The van der Waals surface area contributed by atoms with Crippen molar-refractivity contribution in [3.8, 4) is 17.9 Å². The summed E-state index contributed by atoms with van der Waals surface area (Å²) in [6.07, 6.45) is 3.72. The van der Waals surface area contributed by atoms with E-state index in [1.165, 1.54) is 0 Å². The van der Waals surface area contributed by atoms with Gasteiger partial charge in [-0.2, -0.15) is 10.5 Å². The SMILES string of the molecule is CC(C)c1ccc(/C=C/c2ccc(C#N)c(C#N)c2)cc1O. The van der Waals surface area contributed by atoms with Gasteiger partial charge in [0.1, 0.15) is 17.9 Å². The Hall–Kier alpha value is -3.04. The monoisotopic (exact) mass is 288 g/mol. The van der Waals surface area contributed by atoms with Crippen molar-refractivity contribution >= 4 is 12.2 Å². The lowest BCUT2D eigenvalue weighted by Gasteiger charge is -2.08. The maximum atomic E-state index is 10.00. The normalized spacial score (nSPS) is 10.6. The van der Waals surface area contributed by atoms with Crippen LogP contribution in [0.3, 0.4) is 0 Å². The Bertz CT molecular complexity index is 805. The second kappa shape index (κ2) is 6.61. The highest BCUT2D eigenvalue weighted by molar-refractivity contribution is 5.71. The number of benzene rings is 2. The molecule has 2 aromatic carbocycles. The molecule has 0 atom stereocenters. The average molecular weight is 288 g/mol. The number of nitrogens with zero attached hydrogens (tertiary/aromatic N) is 2. The topological polar surface area (TPSA) is 67.8 Å². The molecule has 0 saturated carbocycles. The Morgan fingerprint density at radius 2 is 1.50 bits per heavy atom. The molecule has 2 aromatic rings. The predicted molar refractivity (Wildman–Crippen MR) is 87.0 cm³/mol. The van der Waals surface area contributed by atoms with E-state index in [2.05, 4.69) is 0 Å². The lowest BCUT2D eigenvalue weighted by molar-refractivity contribution is 0.465. The second-order valence-electron chi connectivity index (χ2n) is 5.33. The molecule has 0 bridgehead atoms. The van der Waals surface area contributed by atoms with E-state index in [9.17, 15) is 5.11 Å². The predicted octanol–water partition coefficient (Wildman–Crippen LogP) is 4.43. The highest BCUT2D eigenvalue weighted by Crippen LogP contribution is 2.27. The summed E-state index contributed by atoms with van der Waals surface area (Å²) >= 11 is 0. The number of phenolic OH excluding ortho intramolecular Hbond substituents is 1. The molecule has 0 aliphatic heterocycles. The van der Waals surface area contributed by atoms with Crippen molar-refractivity contribution in [3.63, 3.8) is 0 Å². The summed E-state index contributed by atoms with van der Waals surface area (Å²) in [7, 11) is 0. The number of phenols is 1. The number of rotatable bonds is 3. The van der Waals surface area contributed by atoms with E-state index < -0.39 is 0 Å². The van der Waals surface area contributed by atoms with E-state index in [0.29, 0.717) is 11.1 Å². The lowest BCUT2D eigenvalue weighted by Crippen LogP contribution is -1.88. The van der Waals surface area contributed by atoms with Gasteiger partial charge in [-0.3, -0.25) is 0 Å². The van der Waals surface area contributed by atoms with Gasteiger partial charge in [-0.25, -0.2) is 0 Å². The van der Waals surface area contributed by atoms with Crippen molar-refractivity contribution in [2.24, 2.45) is 0 Å². The molecule has 3 nitrogen and oxygen atoms in total. The Morgan fingerprint density at radius 3 is 2.05 bits per heavy atom. The van der Waals surface area contributed by atoms with E-state index in [0.717, 1.165) is 16.7 Å². The molecule has 108 valence electrons. The fourth-order valence-electron chi connectivity index (χ4n) is 2.20. The minimum atomic E-state index is 0.273. The van der Waals surface area contributed by atoms with Crippen LogP contribution in [0, 0.1) is 22.7 Å². The van der Waals surface area contributed by atoms with Crippen LogP contribution in [0.15, 0.2) is 36.4 Å². The highest BCUT2D eigenvalue weighted by atomic mass is 16.3. The zero-order chi connectivity index (χ0) is 16.1. The maximum Gasteiger partial charge on any atom is 0.119 e. The Kier molecular flexibility index (Phi) is 4.61. The molecule has 0 aliphatic rings. The summed E-state index contributed by atoms with van der Waals surface area (Å²) in [6.45, 7) is 4.06. The summed E-state index contributed by atoms with van der Waals surface area (Å²) in [5, 5.41) is 27.9. The van der Waals surface area contributed by atoms with Gasteiger partial charge < -0.3 is 5.11 Å². The van der Waals surface area contributed by atoms with Crippen LogP contribution in [0.4, 0.5) is 0 Å². The average Bonchev–Trinajstić information content (AvgIpc) is 2.52. The summed E-state index contributed by atoms with van der Waals surface area (Å²) in [4.78, 5) is 0. The van der Waals surface area contributed by atoms with Crippen molar-refractivity contribution in [3.05, 3.63) is 64.2 Å². The van der Waals surface area contributed by atoms with E-state index in [4.69, 9.17) is 10.5 Å². The van der Waals surface area contributed by atoms with E-state index in [1.807, 2.05) is 50.3 Å². The molecule has 0 radical (unpaired) electrons. The van der Waals surface area contributed by atoms with Crippen LogP contribution in [0.5, 0.6) is 5.75 Å². The molecule has 3 heteroatoms. The van der Waals surface area contributed by atoms with Gasteiger partial charge in [0.05, 0.1) is 11.1 Å². The third-order valence-electron chi connectivity index (χ3n) is 3.43. The maximum absolute atomic E-state index is 10.00. The van der Waals surface area contributed by atoms with Crippen molar-refractivity contribution in [1.29, 1.82) is 10.5 Å². The van der Waals surface area contributed by atoms with Crippen molar-refractivity contribution in [2.75, 3.05) is 0 Å². The number of hydrogen-bond donors (Lipinski definition) is 1. The highest BCUT2D eigenvalue weighted by Gasteiger charge is 2.05. The minimum Gasteiger partial charge on any atom is -0.508 e. The first kappa shape index (κ1) is 15.4. The third-order valence-corrected chi connectivity index (χ3v) is 3.43. The Morgan fingerprint density at radius 1 is 0.909 bits per heavy atom. The third kappa shape index (κ3) is 3.34. The number of nitriles is 2. The number of hydrogen-bond acceptors (Lipinski definition) is 3. The lowest BCUT2D eigenvalue weighted by atomic mass is 9.99. The summed E-state index contributed by atoms with van der Waals surface area (Å²) in [5.74, 6) is 0.560. The molecule has 0 saturated heterocycles. The molecular formula is C19H16N2O. The Labute approximate surface area is 130 Å². The molecule has 0 aliphatic carbocycles. The first-order valence-corrected chi connectivity index (χ1v) is 7.00. The van der Waals surface area contributed by atoms with Crippen LogP contribution in [0.25, 0.3) is 12.2 Å². The summed E-state index contributed by atoms with van der Waals surface area (Å²) < 4.78 is 0. The molecule has 0 unspecified atom stereocenters. The molecule has 1 N–H and O–H groups in total. The van der Waals surface area contributed by atoms with Gasteiger partial charge in [-0.1, -0.05) is 44.2 Å².